The topological polar surface area (TPSA) is 116 Å². The van der Waals surface area contributed by atoms with Gasteiger partial charge in [-0.2, -0.15) is 0 Å². The molecule has 2 rings (SSSR count). The minimum atomic E-state index is -0.620. The van der Waals surface area contributed by atoms with Crippen molar-refractivity contribution in [2.45, 2.75) is 6.42 Å². The van der Waals surface area contributed by atoms with E-state index in [-0.39, 0.29) is 24.4 Å². The van der Waals surface area contributed by atoms with E-state index in [1.807, 2.05) is 0 Å². The van der Waals surface area contributed by atoms with Gasteiger partial charge in [0.1, 0.15) is 5.82 Å². The van der Waals surface area contributed by atoms with Gasteiger partial charge in [-0.3, -0.25) is 19.7 Å². The van der Waals surface area contributed by atoms with Crippen molar-refractivity contribution in [2.75, 3.05) is 18.1 Å². The molecule has 136 valence electrons. The maximum absolute atomic E-state index is 13.1. The molecule has 0 aliphatic carbocycles. The second kappa shape index (κ2) is 8.56. The van der Waals surface area contributed by atoms with Gasteiger partial charge in [-0.15, -0.1) is 0 Å². The third-order valence-electron chi connectivity index (χ3n) is 3.43. The molecule has 0 bridgehead atoms. The highest BCUT2D eigenvalue weighted by Crippen LogP contribution is 2.26. The van der Waals surface area contributed by atoms with Gasteiger partial charge in [0.2, 0.25) is 5.91 Å². The van der Waals surface area contributed by atoms with Gasteiger partial charge < -0.3 is 15.4 Å². The summed E-state index contributed by atoms with van der Waals surface area (Å²) >= 11 is 0. The van der Waals surface area contributed by atoms with Crippen molar-refractivity contribution in [3.63, 3.8) is 0 Å². The smallest absolute Gasteiger partial charge is 0.310 e. The normalized spacial score (nSPS) is 10.2. The van der Waals surface area contributed by atoms with Crippen molar-refractivity contribution in [3.05, 3.63) is 64.5 Å². The summed E-state index contributed by atoms with van der Waals surface area (Å²) in [6.45, 7) is -0.527. The SMILES string of the molecule is NC(=O)CCN(C(=O)COc1ccccc1[N+](=O)[O-])c1ccc(F)cc1. The lowest BCUT2D eigenvalue weighted by molar-refractivity contribution is -0.385. The molecular formula is C17H16FN3O5. The molecule has 0 atom stereocenters. The summed E-state index contributed by atoms with van der Waals surface area (Å²) in [6.07, 6.45) is -0.103. The Labute approximate surface area is 148 Å². The molecule has 0 saturated heterocycles. The standard InChI is InChI=1S/C17H16FN3O5/c18-12-5-7-13(8-6-12)20(10-9-16(19)22)17(23)11-26-15-4-2-1-3-14(15)21(24)25/h1-8H,9-11H2,(H2,19,22). The van der Waals surface area contributed by atoms with Crippen molar-refractivity contribution in [1.82, 2.24) is 0 Å². The zero-order valence-corrected chi connectivity index (χ0v) is 13.6. The van der Waals surface area contributed by atoms with Gasteiger partial charge in [0.25, 0.3) is 5.91 Å². The van der Waals surface area contributed by atoms with E-state index in [1.54, 1.807) is 0 Å². The van der Waals surface area contributed by atoms with Crippen LogP contribution in [0.2, 0.25) is 0 Å². The van der Waals surface area contributed by atoms with Gasteiger partial charge in [0.05, 0.1) is 4.92 Å². The quantitative estimate of drug-likeness (QED) is 0.570. The lowest BCUT2D eigenvalue weighted by Crippen LogP contribution is -2.37. The number of halogens is 1. The van der Waals surface area contributed by atoms with Crippen molar-refractivity contribution < 1.29 is 23.6 Å². The van der Waals surface area contributed by atoms with Crippen LogP contribution < -0.4 is 15.4 Å². The molecule has 2 N–H and O–H groups in total. The van der Waals surface area contributed by atoms with E-state index >= 15 is 0 Å². The van der Waals surface area contributed by atoms with E-state index in [1.165, 1.54) is 53.4 Å². The molecule has 0 fully saturated rings. The monoisotopic (exact) mass is 361 g/mol. The number of nitrogens with zero attached hydrogens (tertiary/aromatic N) is 2. The number of benzene rings is 2. The Balaban J connectivity index is 2.15. The highest BCUT2D eigenvalue weighted by atomic mass is 19.1. The molecule has 0 radical (unpaired) electrons. The molecule has 0 heterocycles. The molecule has 0 saturated carbocycles. The zero-order valence-electron chi connectivity index (χ0n) is 13.6. The van der Waals surface area contributed by atoms with Gasteiger partial charge in [-0.25, -0.2) is 4.39 Å². The number of hydrogen-bond donors (Lipinski definition) is 1. The Hall–Kier alpha value is -3.49. The molecule has 2 aromatic carbocycles. The number of hydrogen-bond acceptors (Lipinski definition) is 5. The predicted molar refractivity (Wildman–Crippen MR) is 91.2 cm³/mol. The van der Waals surface area contributed by atoms with Crippen LogP contribution >= 0.6 is 0 Å². The molecular weight excluding hydrogens is 345 g/mol. The summed E-state index contributed by atoms with van der Waals surface area (Å²) in [4.78, 5) is 35.1. The first kappa shape index (κ1) is 18.8. The van der Waals surface area contributed by atoms with E-state index in [9.17, 15) is 24.1 Å². The number of carbonyl (C=O) groups excluding carboxylic acids is 2. The van der Waals surface area contributed by atoms with E-state index in [2.05, 4.69) is 0 Å². The van der Waals surface area contributed by atoms with Crippen LogP contribution in [-0.4, -0.2) is 29.9 Å². The van der Waals surface area contributed by atoms with E-state index in [0.717, 1.165) is 0 Å². The average Bonchev–Trinajstić information content (AvgIpc) is 2.61. The number of primary amides is 1. The number of carbonyl (C=O) groups is 2. The molecule has 8 nitrogen and oxygen atoms in total. The van der Waals surface area contributed by atoms with E-state index < -0.39 is 29.2 Å². The summed E-state index contributed by atoms with van der Waals surface area (Å²) in [5, 5.41) is 11.0. The lowest BCUT2D eigenvalue weighted by atomic mass is 10.2. The fourth-order valence-corrected chi connectivity index (χ4v) is 2.19. The minimum absolute atomic E-state index is 0.0277. The van der Waals surface area contributed by atoms with Gasteiger partial charge >= 0.3 is 5.69 Å². The van der Waals surface area contributed by atoms with Crippen LogP contribution in [0, 0.1) is 15.9 Å². The first-order valence-corrected chi connectivity index (χ1v) is 7.59. The molecule has 0 aromatic heterocycles. The van der Waals surface area contributed by atoms with Crippen molar-refractivity contribution in [3.8, 4) is 5.75 Å². The van der Waals surface area contributed by atoms with Gasteiger partial charge in [-0.05, 0) is 30.3 Å². The molecule has 9 heteroatoms. The summed E-state index contributed by atoms with van der Waals surface area (Å²) in [5.74, 6) is -1.70. The fraction of sp³-hybridized carbons (Fsp3) is 0.176. The Bertz CT molecular complexity index is 810. The minimum Gasteiger partial charge on any atom is -0.477 e. The highest BCUT2D eigenvalue weighted by molar-refractivity contribution is 5.95. The number of para-hydroxylation sites is 2. The molecule has 26 heavy (non-hydrogen) atoms. The van der Waals surface area contributed by atoms with Gasteiger partial charge in [-0.1, -0.05) is 12.1 Å². The van der Waals surface area contributed by atoms with Crippen molar-refractivity contribution >= 4 is 23.2 Å². The number of nitrogens with two attached hydrogens (primary N) is 1. The number of amides is 2. The summed E-state index contributed by atoms with van der Waals surface area (Å²) in [6, 6.07) is 10.7. The molecule has 2 aromatic rings. The largest absolute Gasteiger partial charge is 0.477 e. The fourth-order valence-electron chi connectivity index (χ4n) is 2.19. The predicted octanol–water partition coefficient (Wildman–Crippen LogP) is 2.02. The first-order chi connectivity index (χ1) is 12.4. The summed E-state index contributed by atoms with van der Waals surface area (Å²) in [5.41, 5.74) is 5.20. The van der Waals surface area contributed by atoms with Crippen LogP contribution in [0.1, 0.15) is 6.42 Å². The highest BCUT2D eigenvalue weighted by Gasteiger charge is 2.20. The third-order valence-corrected chi connectivity index (χ3v) is 3.43. The number of ether oxygens (including phenoxy) is 1. The third kappa shape index (κ3) is 5.00. The summed E-state index contributed by atoms with van der Waals surface area (Å²) in [7, 11) is 0. The molecule has 0 unspecified atom stereocenters. The van der Waals surface area contributed by atoms with Crippen LogP contribution in [-0.2, 0) is 9.59 Å². The van der Waals surface area contributed by atoms with Crippen LogP contribution in [0.4, 0.5) is 15.8 Å². The number of rotatable bonds is 8. The molecule has 0 aliphatic heterocycles. The second-order valence-electron chi connectivity index (χ2n) is 5.25. The Morgan fingerprint density at radius 3 is 2.42 bits per heavy atom. The Morgan fingerprint density at radius 2 is 1.81 bits per heavy atom. The van der Waals surface area contributed by atoms with Crippen LogP contribution in [0.25, 0.3) is 0 Å². The van der Waals surface area contributed by atoms with Gasteiger partial charge in [0.15, 0.2) is 12.4 Å². The summed E-state index contributed by atoms with van der Waals surface area (Å²) < 4.78 is 18.4. The Kier molecular flexibility index (Phi) is 6.20. The number of nitro groups is 1. The lowest BCUT2D eigenvalue weighted by Gasteiger charge is -2.22. The average molecular weight is 361 g/mol. The van der Waals surface area contributed by atoms with E-state index in [0.29, 0.717) is 5.69 Å². The van der Waals surface area contributed by atoms with Crippen molar-refractivity contribution in [2.24, 2.45) is 5.73 Å². The number of anilines is 1. The van der Waals surface area contributed by atoms with Crippen LogP contribution in [0.15, 0.2) is 48.5 Å². The van der Waals surface area contributed by atoms with Crippen LogP contribution in [0.3, 0.4) is 0 Å². The molecule has 0 spiro atoms. The molecule has 2 amide bonds. The van der Waals surface area contributed by atoms with Crippen LogP contribution in [0.5, 0.6) is 5.75 Å². The van der Waals surface area contributed by atoms with Gasteiger partial charge in [0, 0.05) is 24.7 Å². The zero-order chi connectivity index (χ0) is 19.1. The first-order valence-electron chi connectivity index (χ1n) is 7.59. The maximum atomic E-state index is 13.1. The second-order valence-corrected chi connectivity index (χ2v) is 5.25. The maximum Gasteiger partial charge on any atom is 0.310 e. The van der Waals surface area contributed by atoms with E-state index in [4.69, 9.17) is 10.5 Å². The van der Waals surface area contributed by atoms with Crippen molar-refractivity contribution in [1.29, 1.82) is 0 Å². The number of nitro benzene ring substituents is 1. The molecule has 0 aliphatic rings. The Morgan fingerprint density at radius 1 is 1.15 bits per heavy atom.